The van der Waals surface area contributed by atoms with Crippen molar-refractivity contribution in [2.75, 3.05) is 26.2 Å². The first-order chi connectivity index (χ1) is 12.5. The van der Waals surface area contributed by atoms with E-state index in [1.54, 1.807) is 0 Å². The summed E-state index contributed by atoms with van der Waals surface area (Å²) in [4.78, 5) is 14.1. The summed E-state index contributed by atoms with van der Waals surface area (Å²) in [5, 5.41) is 5.81. The molecule has 1 fully saturated rings. The van der Waals surface area contributed by atoms with Crippen molar-refractivity contribution in [2.45, 2.75) is 12.4 Å². The average Bonchev–Trinajstić information content (AvgIpc) is 2.57. The second-order valence-electron chi connectivity index (χ2n) is 5.51. The fourth-order valence-electron chi connectivity index (χ4n) is 2.57. The van der Waals surface area contributed by atoms with Gasteiger partial charge >= 0.3 is 12.4 Å². The van der Waals surface area contributed by atoms with Crippen molar-refractivity contribution < 1.29 is 35.5 Å². The van der Waals surface area contributed by atoms with E-state index in [-0.39, 0.29) is 26.2 Å². The lowest BCUT2D eigenvalue weighted by atomic mass is 10.1. The van der Waals surface area contributed by atoms with Crippen LogP contribution in [-0.2, 0) is 6.18 Å². The quantitative estimate of drug-likeness (QED) is 0.333. The summed E-state index contributed by atoms with van der Waals surface area (Å²) in [6.45, 7) is 1.73. The fourth-order valence-corrected chi connectivity index (χ4v) is 2.57. The Kier molecular flexibility index (Phi) is 5.76. The van der Waals surface area contributed by atoms with Crippen LogP contribution >= 0.6 is 0 Å². The molecule has 2 rings (SSSR count). The number of rotatable bonds is 2. The van der Waals surface area contributed by atoms with Crippen LogP contribution in [0.1, 0.15) is 15.9 Å². The molecule has 0 aromatic heterocycles. The van der Waals surface area contributed by atoms with Crippen LogP contribution in [0.15, 0.2) is 28.4 Å². The summed E-state index contributed by atoms with van der Waals surface area (Å²) in [5.41, 5.74) is -2.38. The highest BCUT2D eigenvalue weighted by Crippen LogP contribution is 2.32. The van der Waals surface area contributed by atoms with Crippen molar-refractivity contribution in [2.24, 2.45) is 10.2 Å². The van der Waals surface area contributed by atoms with Crippen LogP contribution in [0.5, 0.6) is 0 Å². The second kappa shape index (κ2) is 7.53. The monoisotopic (exact) mass is 398 g/mol. The van der Waals surface area contributed by atoms with Gasteiger partial charge in [-0.25, -0.2) is 4.39 Å². The van der Waals surface area contributed by atoms with Gasteiger partial charge in [-0.1, -0.05) is 6.07 Å². The molecular formula is C15H13F7N4O. The van der Waals surface area contributed by atoms with Crippen molar-refractivity contribution in [1.29, 1.82) is 0 Å². The maximum absolute atomic E-state index is 14.1. The SMILES string of the molecule is C=N/N=C(\N1CCN(C(=O)c2cccc(C(F)(F)F)c2F)CC1)C(F)(F)F. The molecule has 0 bridgehead atoms. The van der Waals surface area contributed by atoms with Crippen molar-refractivity contribution in [3.63, 3.8) is 0 Å². The zero-order chi connectivity index (χ0) is 20.4. The number of carbonyl (C=O) groups excluding carboxylic acids is 1. The highest BCUT2D eigenvalue weighted by Gasteiger charge is 2.42. The van der Waals surface area contributed by atoms with Crippen molar-refractivity contribution in [3.8, 4) is 0 Å². The number of amidine groups is 1. The van der Waals surface area contributed by atoms with Crippen molar-refractivity contribution in [1.82, 2.24) is 9.80 Å². The van der Waals surface area contributed by atoms with Gasteiger partial charge in [0, 0.05) is 32.9 Å². The summed E-state index contributed by atoms with van der Waals surface area (Å²) >= 11 is 0. The molecule has 1 saturated heterocycles. The molecule has 0 radical (unpaired) electrons. The lowest BCUT2D eigenvalue weighted by Gasteiger charge is -2.36. The number of nitrogens with zero attached hydrogens (tertiary/aromatic N) is 4. The van der Waals surface area contributed by atoms with Gasteiger partial charge in [0.1, 0.15) is 5.82 Å². The molecule has 5 nitrogen and oxygen atoms in total. The number of amides is 1. The fraction of sp³-hybridized carbons (Fsp3) is 0.400. The Morgan fingerprint density at radius 1 is 1.00 bits per heavy atom. The lowest BCUT2D eigenvalue weighted by molar-refractivity contribution is -0.140. The average molecular weight is 398 g/mol. The zero-order valence-corrected chi connectivity index (χ0v) is 13.6. The largest absolute Gasteiger partial charge is 0.451 e. The first kappa shape index (κ1) is 20.6. The predicted molar refractivity (Wildman–Crippen MR) is 81.9 cm³/mol. The first-order valence-electron chi connectivity index (χ1n) is 7.47. The first-order valence-corrected chi connectivity index (χ1v) is 7.47. The minimum absolute atomic E-state index is 0.263. The van der Waals surface area contributed by atoms with E-state index in [0.717, 1.165) is 21.9 Å². The normalized spacial score (nSPS) is 16.5. The Balaban J connectivity index is 2.16. The van der Waals surface area contributed by atoms with Gasteiger partial charge in [0.25, 0.3) is 5.91 Å². The molecule has 1 aliphatic rings. The lowest BCUT2D eigenvalue weighted by Crippen LogP contribution is -2.53. The van der Waals surface area contributed by atoms with E-state index < -0.39 is 41.0 Å². The van der Waals surface area contributed by atoms with E-state index in [9.17, 15) is 35.5 Å². The van der Waals surface area contributed by atoms with Crippen LogP contribution in [0.2, 0.25) is 0 Å². The molecule has 1 heterocycles. The molecule has 0 N–H and O–H groups in total. The summed E-state index contributed by atoms with van der Waals surface area (Å²) in [6.07, 6.45) is -9.77. The van der Waals surface area contributed by atoms with Gasteiger partial charge in [-0.05, 0) is 12.1 Å². The number of piperazine rings is 1. The molecule has 0 unspecified atom stereocenters. The third kappa shape index (κ3) is 4.55. The molecule has 1 aromatic rings. The van der Waals surface area contributed by atoms with E-state index in [4.69, 9.17) is 0 Å². The summed E-state index contributed by atoms with van der Waals surface area (Å²) in [7, 11) is 0. The van der Waals surface area contributed by atoms with Gasteiger partial charge in [-0.15, -0.1) is 5.10 Å². The zero-order valence-electron chi connectivity index (χ0n) is 13.6. The Labute approximate surface area is 148 Å². The van der Waals surface area contributed by atoms with Crippen LogP contribution in [0.25, 0.3) is 0 Å². The van der Waals surface area contributed by atoms with Gasteiger partial charge in [0.05, 0.1) is 11.1 Å². The van der Waals surface area contributed by atoms with E-state index >= 15 is 0 Å². The maximum atomic E-state index is 14.1. The Hall–Kier alpha value is -2.66. The molecule has 1 aromatic carbocycles. The summed E-state index contributed by atoms with van der Waals surface area (Å²) < 4.78 is 91.1. The standard InChI is InChI=1S/C15H13F7N4O/c1-23-24-13(15(20,21)22)26-7-5-25(6-8-26)12(27)9-3-2-4-10(11(9)16)14(17,18)19/h2-4H,1,5-8H2/b24-13-. The van der Waals surface area contributed by atoms with E-state index in [2.05, 4.69) is 16.9 Å². The molecule has 0 atom stereocenters. The topological polar surface area (TPSA) is 48.3 Å². The third-order valence-corrected chi connectivity index (χ3v) is 3.82. The molecule has 148 valence electrons. The van der Waals surface area contributed by atoms with Gasteiger partial charge in [-0.2, -0.15) is 31.4 Å². The van der Waals surface area contributed by atoms with E-state index in [1.807, 2.05) is 0 Å². The minimum atomic E-state index is -4.98. The highest BCUT2D eigenvalue weighted by atomic mass is 19.4. The van der Waals surface area contributed by atoms with Crippen molar-refractivity contribution >= 4 is 18.5 Å². The molecule has 1 aliphatic heterocycles. The van der Waals surface area contributed by atoms with Crippen LogP contribution in [-0.4, -0.2) is 60.6 Å². The summed E-state index contributed by atoms with van der Waals surface area (Å²) in [5.74, 6) is -4.05. The predicted octanol–water partition coefficient (Wildman–Crippen LogP) is 3.18. The van der Waals surface area contributed by atoms with Crippen LogP contribution < -0.4 is 0 Å². The third-order valence-electron chi connectivity index (χ3n) is 3.82. The van der Waals surface area contributed by atoms with Crippen LogP contribution in [0.3, 0.4) is 0 Å². The van der Waals surface area contributed by atoms with Crippen LogP contribution in [0, 0.1) is 5.82 Å². The van der Waals surface area contributed by atoms with Gasteiger partial charge < -0.3 is 9.80 Å². The number of hydrogen-bond acceptors (Lipinski definition) is 3. The number of benzene rings is 1. The molecular weight excluding hydrogens is 385 g/mol. The number of carbonyl (C=O) groups is 1. The molecule has 0 spiro atoms. The molecule has 0 saturated carbocycles. The molecule has 1 amide bonds. The highest BCUT2D eigenvalue weighted by molar-refractivity contribution is 5.95. The van der Waals surface area contributed by atoms with E-state index in [1.165, 1.54) is 0 Å². The Bertz CT molecular complexity index is 750. The number of hydrogen-bond donors (Lipinski definition) is 0. The van der Waals surface area contributed by atoms with Crippen molar-refractivity contribution in [3.05, 3.63) is 35.1 Å². The Morgan fingerprint density at radius 2 is 1.56 bits per heavy atom. The van der Waals surface area contributed by atoms with E-state index in [0.29, 0.717) is 6.07 Å². The Morgan fingerprint density at radius 3 is 2.04 bits per heavy atom. The minimum Gasteiger partial charge on any atom is -0.347 e. The van der Waals surface area contributed by atoms with Gasteiger partial charge in [-0.3, -0.25) is 4.79 Å². The molecule has 27 heavy (non-hydrogen) atoms. The van der Waals surface area contributed by atoms with Gasteiger partial charge in [0.2, 0.25) is 5.84 Å². The number of alkyl halides is 6. The smallest absolute Gasteiger partial charge is 0.347 e. The molecule has 0 aliphatic carbocycles. The van der Waals surface area contributed by atoms with Crippen LogP contribution in [0.4, 0.5) is 30.7 Å². The maximum Gasteiger partial charge on any atom is 0.451 e. The number of halogens is 7. The summed E-state index contributed by atoms with van der Waals surface area (Å²) in [6, 6.07) is 2.28. The second-order valence-corrected chi connectivity index (χ2v) is 5.51. The van der Waals surface area contributed by atoms with Gasteiger partial charge in [0.15, 0.2) is 0 Å². The molecule has 12 heteroatoms.